The largest absolute Gasteiger partial charge is 0.388 e. The summed E-state index contributed by atoms with van der Waals surface area (Å²) in [6.45, 7) is 2.72. The first-order valence-electron chi connectivity index (χ1n) is 2.63. The fourth-order valence-corrected chi connectivity index (χ4v) is 1.20. The molecule has 0 aliphatic heterocycles. The van der Waals surface area contributed by atoms with Gasteiger partial charge in [-0.05, 0) is 13.8 Å². The second kappa shape index (κ2) is 3.03. The lowest BCUT2D eigenvalue weighted by atomic mass is 10.0. The molecule has 0 saturated carbocycles. The van der Waals surface area contributed by atoms with Crippen molar-refractivity contribution in [1.29, 1.82) is 0 Å². The highest BCUT2D eigenvalue weighted by Gasteiger charge is 2.41. The normalized spacial score (nSPS) is 17.1. The van der Waals surface area contributed by atoms with E-state index in [2.05, 4.69) is 0 Å². The van der Waals surface area contributed by atoms with E-state index in [0.717, 1.165) is 0 Å². The Balaban J connectivity index is 4.23. The topological polar surface area (TPSA) is 40.5 Å². The minimum atomic E-state index is -1.84. The number of alkyl halides is 3. The van der Waals surface area contributed by atoms with Crippen molar-refractivity contribution in [3.8, 4) is 0 Å². The van der Waals surface area contributed by atoms with E-state index in [9.17, 15) is 0 Å². The summed E-state index contributed by atoms with van der Waals surface area (Å²) < 4.78 is -1.84. The molecule has 62 valence electrons. The molecule has 1 atom stereocenters. The standard InChI is InChI=1S/C5H9Cl3O2/c1-4(2,10)3(9)5(6,7)8/h3,9-10H,1-2H3. The lowest BCUT2D eigenvalue weighted by Gasteiger charge is -2.29. The van der Waals surface area contributed by atoms with Gasteiger partial charge in [0, 0.05) is 0 Å². The average molecular weight is 207 g/mol. The second-order valence-corrected chi connectivity index (χ2v) is 4.97. The molecule has 0 amide bonds. The highest BCUT2D eigenvalue weighted by Crippen LogP contribution is 2.35. The summed E-state index contributed by atoms with van der Waals surface area (Å²) in [5.41, 5.74) is -1.40. The van der Waals surface area contributed by atoms with Gasteiger partial charge in [0.2, 0.25) is 3.79 Å². The third-order valence-corrected chi connectivity index (χ3v) is 1.60. The van der Waals surface area contributed by atoms with Gasteiger partial charge in [0.15, 0.2) is 0 Å². The molecule has 2 nitrogen and oxygen atoms in total. The molecule has 2 N–H and O–H groups in total. The summed E-state index contributed by atoms with van der Waals surface area (Å²) in [5.74, 6) is 0. The number of aliphatic hydroxyl groups is 2. The lowest BCUT2D eigenvalue weighted by Crippen LogP contribution is -2.44. The minimum absolute atomic E-state index is 1.36. The fourth-order valence-electron chi connectivity index (χ4n) is 0.401. The Morgan fingerprint density at radius 2 is 1.50 bits per heavy atom. The molecule has 0 saturated heterocycles. The van der Waals surface area contributed by atoms with Crippen molar-refractivity contribution < 1.29 is 10.2 Å². The van der Waals surface area contributed by atoms with Crippen LogP contribution >= 0.6 is 34.8 Å². The maximum Gasteiger partial charge on any atom is 0.218 e. The van der Waals surface area contributed by atoms with Crippen LogP contribution in [0.3, 0.4) is 0 Å². The summed E-state index contributed by atoms with van der Waals surface area (Å²) in [6.07, 6.45) is -1.38. The van der Waals surface area contributed by atoms with Gasteiger partial charge in [0.05, 0.1) is 5.60 Å². The van der Waals surface area contributed by atoms with Crippen molar-refractivity contribution in [1.82, 2.24) is 0 Å². The van der Waals surface area contributed by atoms with Crippen molar-refractivity contribution in [2.75, 3.05) is 0 Å². The first kappa shape index (κ1) is 10.8. The first-order chi connectivity index (χ1) is 4.15. The molecule has 5 heteroatoms. The zero-order valence-corrected chi connectivity index (χ0v) is 7.87. The highest BCUT2D eigenvalue weighted by atomic mass is 35.6. The zero-order chi connectivity index (χ0) is 8.58. The minimum Gasteiger partial charge on any atom is -0.388 e. The van der Waals surface area contributed by atoms with Gasteiger partial charge in [0.1, 0.15) is 6.10 Å². The molecule has 0 aliphatic carbocycles. The van der Waals surface area contributed by atoms with Crippen LogP contribution in [0.4, 0.5) is 0 Å². The third-order valence-electron chi connectivity index (χ3n) is 0.979. The van der Waals surface area contributed by atoms with Crippen LogP contribution in [0.2, 0.25) is 0 Å². The van der Waals surface area contributed by atoms with E-state index in [1.807, 2.05) is 0 Å². The van der Waals surface area contributed by atoms with E-state index < -0.39 is 15.5 Å². The Morgan fingerprint density at radius 3 is 1.50 bits per heavy atom. The van der Waals surface area contributed by atoms with E-state index in [1.54, 1.807) is 0 Å². The van der Waals surface area contributed by atoms with Crippen molar-refractivity contribution >= 4 is 34.8 Å². The zero-order valence-electron chi connectivity index (χ0n) is 5.61. The second-order valence-electron chi connectivity index (χ2n) is 2.60. The summed E-state index contributed by atoms with van der Waals surface area (Å²) in [5, 5.41) is 18.2. The quantitative estimate of drug-likeness (QED) is 0.640. The predicted octanol–water partition coefficient (Wildman–Crippen LogP) is 1.49. The number of halogens is 3. The van der Waals surface area contributed by atoms with Crippen LogP contribution in [-0.2, 0) is 0 Å². The van der Waals surface area contributed by atoms with Gasteiger partial charge < -0.3 is 10.2 Å². The van der Waals surface area contributed by atoms with Gasteiger partial charge in [-0.2, -0.15) is 0 Å². The number of hydrogen-bond donors (Lipinski definition) is 2. The molecule has 0 aromatic heterocycles. The van der Waals surface area contributed by atoms with Crippen LogP contribution in [0.15, 0.2) is 0 Å². The van der Waals surface area contributed by atoms with Gasteiger partial charge in [-0.3, -0.25) is 0 Å². The smallest absolute Gasteiger partial charge is 0.218 e. The Labute approximate surface area is 74.7 Å². The summed E-state index contributed by atoms with van der Waals surface area (Å²) in [6, 6.07) is 0. The van der Waals surface area contributed by atoms with Gasteiger partial charge in [0.25, 0.3) is 0 Å². The molecule has 10 heavy (non-hydrogen) atoms. The number of rotatable bonds is 1. The van der Waals surface area contributed by atoms with E-state index in [1.165, 1.54) is 13.8 Å². The summed E-state index contributed by atoms with van der Waals surface area (Å²) in [7, 11) is 0. The number of hydrogen-bond acceptors (Lipinski definition) is 2. The van der Waals surface area contributed by atoms with Crippen LogP contribution in [0.1, 0.15) is 13.8 Å². The van der Waals surface area contributed by atoms with Crippen LogP contribution < -0.4 is 0 Å². The van der Waals surface area contributed by atoms with Crippen molar-refractivity contribution in [2.45, 2.75) is 29.3 Å². The van der Waals surface area contributed by atoms with Crippen LogP contribution in [0, 0.1) is 0 Å². The average Bonchev–Trinajstić information content (AvgIpc) is 1.59. The molecule has 0 spiro atoms. The van der Waals surface area contributed by atoms with E-state index >= 15 is 0 Å². The molecule has 0 heterocycles. The Morgan fingerprint density at radius 1 is 1.20 bits per heavy atom. The molecule has 0 bridgehead atoms. The Hall–Kier alpha value is 0.790. The predicted molar refractivity (Wildman–Crippen MR) is 42.6 cm³/mol. The molecular formula is C5H9Cl3O2. The van der Waals surface area contributed by atoms with Gasteiger partial charge >= 0.3 is 0 Å². The molecular weight excluding hydrogens is 198 g/mol. The lowest BCUT2D eigenvalue weighted by molar-refractivity contribution is -0.0451. The molecule has 0 aliphatic rings. The fraction of sp³-hybridized carbons (Fsp3) is 1.00. The van der Waals surface area contributed by atoms with Gasteiger partial charge in [-0.25, -0.2) is 0 Å². The molecule has 0 aromatic carbocycles. The van der Waals surface area contributed by atoms with Crippen LogP contribution in [0.25, 0.3) is 0 Å². The molecule has 0 fully saturated rings. The molecule has 0 radical (unpaired) electrons. The molecule has 0 aromatic rings. The van der Waals surface area contributed by atoms with Crippen LogP contribution in [0.5, 0.6) is 0 Å². The van der Waals surface area contributed by atoms with Gasteiger partial charge in [-0.15, -0.1) is 0 Å². The van der Waals surface area contributed by atoms with E-state index in [-0.39, 0.29) is 0 Å². The SMILES string of the molecule is CC(C)(O)C(O)C(Cl)(Cl)Cl. The van der Waals surface area contributed by atoms with Crippen LogP contribution in [-0.4, -0.2) is 25.7 Å². The van der Waals surface area contributed by atoms with E-state index in [4.69, 9.17) is 45.0 Å². The van der Waals surface area contributed by atoms with Crippen molar-refractivity contribution in [3.05, 3.63) is 0 Å². The summed E-state index contributed by atoms with van der Waals surface area (Å²) >= 11 is 15.9. The highest BCUT2D eigenvalue weighted by molar-refractivity contribution is 6.68. The maximum absolute atomic E-state index is 9.12. The first-order valence-corrected chi connectivity index (χ1v) is 3.76. The number of aliphatic hydroxyl groups excluding tert-OH is 1. The van der Waals surface area contributed by atoms with Crippen molar-refractivity contribution in [3.63, 3.8) is 0 Å². The third kappa shape index (κ3) is 3.26. The van der Waals surface area contributed by atoms with Gasteiger partial charge in [-0.1, -0.05) is 34.8 Å². The Kier molecular flexibility index (Phi) is 3.27. The monoisotopic (exact) mass is 206 g/mol. The van der Waals surface area contributed by atoms with E-state index in [0.29, 0.717) is 0 Å². The summed E-state index contributed by atoms with van der Waals surface area (Å²) in [4.78, 5) is 0. The molecule has 0 rings (SSSR count). The maximum atomic E-state index is 9.12. The van der Waals surface area contributed by atoms with Crippen molar-refractivity contribution in [2.24, 2.45) is 0 Å². The Bertz CT molecular complexity index is 99.0. The molecule has 1 unspecified atom stereocenters.